The van der Waals surface area contributed by atoms with Gasteiger partial charge in [0.15, 0.2) is 0 Å². The van der Waals surface area contributed by atoms with Gasteiger partial charge in [0.2, 0.25) is 5.91 Å². The molecule has 2 aromatic carbocycles. The van der Waals surface area contributed by atoms with Gasteiger partial charge in [0.05, 0.1) is 23.2 Å². The molecule has 4 nitrogen and oxygen atoms in total. The van der Waals surface area contributed by atoms with Crippen LogP contribution >= 0.6 is 11.6 Å². The number of hydrogen-bond donors (Lipinski definition) is 2. The molecule has 0 aliphatic carbocycles. The van der Waals surface area contributed by atoms with E-state index in [0.29, 0.717) is 16.5 Å². The maximum atomic E-state index is 12.1. The number of halogens is 1. The Kier molecular flexibility index (Phi) is 7.22. The Morgan fingerprint density at radius 1 is 1.00 bits per heavy atom. The van der Waals surface area contributed by atoms with Gasteiger partial charge in [-0.15, -0.1) is 0 Å². The van der Waals surface area contributed by atoms with Crippen LogP contribution in [-0.4, -0.2) is 18.4 Å². The van der Waals surface area contributed by atoms with Gasteiger partial charge in [0.1, 0.15) is 0 Å². The molecule has 0 fully saturated rings. The average molecular weight is 373 g/mol. The summed E-state index contributed by atoms with van der Waals surface area (Å²) in [5.41, 5.74) is 2.67. The minimum Gasteiger partial charge on any atom is -0.348 e. The van der Waals surface area contributed by atoms with Crippen LogP contribution in [0.15, 0.2) is 48.5 Å². The summed E-state index contributed by atoms with van der Waals surface area (Å²) >= 11 is 5.98. The maximum absolute atomic E-state index is 12.1. The summed E-state index contributed by atoms with van der Waals surface area (Å²) in [5, 5.41) is 5.84. The smallest absolute Gasteiger partial charge is 0.253 e. The first-order chi connectivity index (χ1) is 12.4. The van der Waals surface area contributed by atoms with Crippen molar-refractivity contribution in [2.75, 3.05) is 6.54 Å². The predicted molar refractivity (Wildman–Crippen MR) is 105 cm³/mol. The van der Waals surface area contributed by atoms with E-state index in [9.17, 15) is 9.59 Å². The van der Waals surface area contributed by atoms with E-state index < -0.39 is 0 Å². The van der Waals surface area contributed by atoms with Crippen LogP contribution < -0.4 is 10.6 Å². The van der Waals surface area contributed by atoms with Crippen molar-refractivity contribution in [2.24, 2.45) is 5.92 Å². The second-order valence-electron chi connectivity index (χ2n) is 6.79. The van der Waals surface area contributed by atoms with Gasteiger partial charge in [-0.05, 0) is 42.5 Å². The van der Waals surface area contributed by atoms with Crippen molar-refractivity contribution >= 4 is 23.4 Å². The number of benzene rings is 2. The molecule has 0 heterocycles. The molecule has 0 saturated carbocycles. The van der Waals surface area contributed by atoms with E-state index in [-0.39, 0.29) is 24.4 Å². The van der Waals surface area contributed by atoms with E-state index >= 15 is 0 Å². The first kappa shape index (κ1) is 20.0. The molecule has 5 heteroatoms. The highest BCUT2D eigenvalue weighted by atomic mass is 35.5. The highest BCUT2D eigenvalue weighted by Crippen LogP contribution is 2.16. The zero-order valence-electron chi connectivity index (χ0n) is 15.4. The lowest BCUT2D eigenvalue weighted by Gasteiger charge is -2.15. The number of carbonyl (C=O) groups is 2. The van der Waals surface area contributed by atoms with Crippen LogP contribution in [0.1, 0.15) is 48.3 Å². The summed E-state index contributed by atoms with van der Waals surface area (Å²) in [7, 11) is 0. The Balaban J connectivity index is 1.85. The number of hydrogen-bond acceptors (Lipinski definition) is 2. The first-order valence-corrected chi connectivity index (χ1v) is 9.15. The fourth-order valence-corrected chi connectivity index (χ4v) is 2.91. The topological polar surface area (TPSA) is 58.2 Å². The molecular weight excluding hydrogens is 348 g/mol. The van der Waals surface area contributed by atoms with Crippen LogP contribution in [0.25, 0.3) is 0 Å². The van der Waals surface area contributed by atoms with Crippen molar-refractivity contribution in [3.8, 4) is 0 Å². The van der Waals surface area contributed by atoms with Crippen molar-refractivity contribution in [2.45, 2.75) is 33.2 Å². The molecule has 26 heavy (non-hydrogen) atoms. The SMILES string of the molecule is CC(C)Cc1ccc([C@H](C)NC(=O)CNC(=O)c2ccccc2Cl)cc1. The third-order valence-corrected chi connectivity index (χ3v) is 4.36. The van der Waals surface area contributed by atoms with E-state index in [1.54, 1.807) is 24.3 Å². The van der Waals surface area contributed by atoms with Gasteiger partial charge in [-0.25, -0.2) is 0 Å². The number of nitrogens with one attached hydrogen (secondary N) is 2. The third kappa shape index (κ3) is 5.88. The average Bonchev–Trinajstić information content (AvgIpc) is 2.60. The van der Waals surface area contributed by atoms with Gasteiger partial charge in [-0.3, -0.25) is 9.59 Å². The summed E-state index contributed by atoms with van der Waals surface area (Å²) in [6.45, 7) is 6.20. The molecule has 2 amide bonds. The molecule has 2 rings (SSSR count). The summed E-state index contributed by atoms with van der Waals surface area (Å²) < 4.78 is 0. The van der Waals surface area contributed by atoms with Gasteiger partial charge in [0.25, 0.3) is 5.91 Å². The molecule has 2 aromatic rings. The zero-order valence-corrected chi connectivity index (χ0v) is 16.1. The van der Waals surface area contributed by atoms with E-state index in [1.807, 2.05) is 19.1 Å². The highest BCUT2D eigenvalue weighted by Gasteiger charge is 2.13. The Bertz CT molecular complexity index is 757. The van der Waals surface area contributed by atoms with E-state index in [1.165, 1.54) is 5.56 Å². The molecule has 0 aromatic heterocycles. The Morgan fingerprint density at radius 3 is 2.27 bits per heavy atom. The van der Waals surface area contributed by atoms with Crippen molar-refractivity contribution in [1.82, 2.24) is 10.6 Å². The van der Waals surface area contributed by atoms with Gasteiger partial charge < -0.3 is 10.6 Å². The largest absolute Gasteiger partial charge is 0.348 e. The minimum atomic E-state index is -0.364. The van der Waals surface area contributed by atoms with Crippen LogP contribution in [0, 0.1) is 5.92 Å². The van der Waals surface area contributed by atoms with Crippen LogP contribution in [-0.2, 0) is 11.2 Å². The van der Waals surface area contributed by atoms with Gasteiger partial charge in [0, 0.05) is 0 Å². The molecule has 0 bridgehead atoms. The fraction of sp³-hybridized carbons (Fsp3) is 0.333. The molecule has 2 N–H and O–H groups in total. The van der Waals surface area contributed by atoms with Crippen LogP contribution in [0.5, 0.6) is 0 Å². The molecule has 138 valence electrons. The van der Waals surface area contributed by atoms with Gasteiger partial charge in [-0.2, -0.15) is 0 Å². The zero-order chi connectivity index (χ0) is 19.1. The first-order valence-electron chi connectivity index (χ1n) is 8.77. The molecule has 0 unspecified atom stereocenters. The van der Waals surface area contributed by atoms with E-state index in [4.69, 9.17) is 11.6 Å². The van der Waals surface area contributed by atoms with Crippen molar-refractivity contribution in [1.29, 1.82) is 0 Å². The van der Waals surface area contributed by atoms with Crippen molar-refractivity contribution in [3.63, 3.8) is 0 Å². The number of rotatable bonds is 7. The lowest BCUT2D eigenvalue weighted by Crippen LogP contribution is -2.38. The van der Waals surface area contributed by atoms with Gasteiger partial charge in [-0.1, -0.05) is 61.8 Å². The maximum Gasteiger partial charge on any atom is 0.253 e. The Labute approximate surface area is 159 Å². The molecule has 1 atom stereocenters. The highest BCUT2D eigenvalue weighted by molar-refractivity contribution is 6.33. The minimum absolute atomic E-state index is 0.0974. The Hall–Kier alpha value is -2.33. The summed E-state index contributed by atoms with van der Waals surface area (Å²) in [6.07, 6.45) is 1.04. The van der Waals surface area contributed by atoms with Crippen LogP contribution in [0.3, 0.4) is 0 Å². The van der Waals surface area contributed by atoms with Crippen molar-refractivity contribution in [3.05, 3.63) is 70.2 Å². The molecule has 0 radical (unpaired) electrons. The monoisotopic (exact) mass is 372 g/mol. The lowest BCUT2D eigenvalue weighted by molar-refractivity contribution is -0.120. The fourth-order valence-electron chi connectivity index (χ4n) is 2.69. The Morgan fingerprint density at radius 2 is 1.65 bits per heavy atom. The van der Waals surface area contributed by atoms with E-state index in [2.05, 4.69) is 36.6 Å². The van der Waals surface area contributed by atoms with E-state index in [0.717, 1.165) is 12.0 Å². The van der Waals surface area contributed by atoms with Crippen LogP contribution in [0.2, 0.25) is 5.02 Å². The van der Waals surface area contributed by atoms with Crippen LogP contribution in [0.4, 0.5) is 0 Å². The third-order valence-electron chi connectivity index (χ3n) is 4.03. The summed E-state index contributed by atoms with van der Waals surface area (Å²) in [5.74, 6) is 0.000285. The predicted octanol–water partition coefficient (Wildman–Crippen LogP) is 4.15. The molecular formula is C21H25ClN2O2. The second kappa shape index (κ2) is 9.39. The quantitative estimate of drug-likeness (QED) is 0.767. The molecule has 0 aliphatic rings. The molecule has 0 aliphatic heterocycles. The summed E-state index contributed by atoms with van der Waals surface area (Å²) in [6, 6.07) is 14.9. The lowest BCUT2D eigenvalue weighted by atomic mass is 10.00. The molecule has 0 saturated heterocycles. The normalized spacial score (nSPS) is 11.9. The second-order valence-corrected chi connectivity index (χ2v) is 7.20. The summed E-state index contributed by atoms with van der Waals surface area (Å²) in [4.78, 5) is 24.2. The number of carbonyl (C=O) groups excluding carboxylic acids is 2. The van der Waals surface area contributed by atoms with Gasteiger partial charge >= 0.3 is 0 Å². The number of amides is 2. The van der Waals surface area contributed by atoms with Crippen molar-refractivity contribution < 1.29 is 9.59 Å². The molecule has 0 spiro atoms. The standard InChI is InChI=1S/C21H25ClN2O2/c1-14(2)12-16-8-10-17(11-9-16)15(3)24-20(25)13-23-21(26)18-6-4-5-7-19(18)22/h4-11,14-15H,12-13H2,1-3H3,(H,23,26)(H,24,25)/t15-/m0/s1.